The van der Waals surface area contributed by atoms with Crippen molar-refractivity contribution in [1.29, 1.82) is 0 Å². The minimum atomic E-state index is -1.62. The van der Waals surface area contributed by atoms with E-state index in [1.807, 2.05) is 20.8 Å². The standard InChI is InChI=1S/C43H82N2O11/c1-5-6-7-8-9-10-11-12-13-17-20-23-26-34(47)37(49)33(31-54-41-40(52)39(51)38(50)35(30-46)55-41)44-36(48)27-24-21-18-15-14-16-19-22-25-32-28-45(29-32)42(53)56-43(2,3)4/h32-35,37-41,46-47,49-52H,5-31H2,1-4H3,(H,44,48)/t33-,34+,35+,37-,38-,39-,40+,41-/m0/s1. The summed E-state index contributed by atoms with van der Waals surface area (Å²) in [4.78, 5) is 26.9. The zero-order chi connectivity index (χ0) is 41.3. The minimum absolute atomic E-state index is 0.219. The van der Waals surface area contributed by atoms with Crippen molar-refractivity contribution in [2.24, 2.45) is 5.92 Å². The molecular weight excluding hydrogens is 720 g/mol. The van der Waals surface area contributed by atoms with E-state index in [0.717, 1.165) is 77.3 Å². The number of carbonyl (C=O) groups excluding carboxylic acids is 2. The van der Waals surface area contributed by atoms with Gasteiger partial charge in [-0.3, -0.25) is 4.79 Å². The number of unbranched alkanes of at least 4 members (excludes halogenated alkanes) is 18. The first-order valence-electron chi connectivity index (χ1n) is 22.3. The van der Waals surface area contributed by atoms with Crippen LogP contribution in [0.3, 0.4) is 0 Å². The van der Waals surface area contributed by atoms with E-state index in [-0.39, 0.29) is 25.0 Å². The molecule has 0 aromatic carbocycles. The fraction of sp³-hybridized carbons (Fsp3) is 0.953. The Bertz CT molecular complexity index is 1020. The Labute approximate surface area is 338 Å². The van der Waals surface area contributed by atoms with Gasteiger partial charge < -0.3 is 55.1 Å². The molecule has 2 aliphatic heterocycles. The van der Waals surface area contributed by atoms with Crippen LogP contribution in [0.1, 0.15) is 175 Å². The average molecular weight is 803 g/mol. The summed E-state index contributed by atoms with van der Waals surface area (Å²) in [7, 11) is 0. The summed E-state index contributed by atoms with van der Waals surface area (Å²) >= 11 is 0. The molecular formula is C43H82N2O11. The van der Waals surface area contributed by atoms with Gasteiger partial charge in [0.15, 0.2) is 6.29 Å². The predicted molar refractivity (Wildman–Crippen MR) is 217 cm³/mol. The molecule has 0 saturated carbocycles. The third-order valence-corrected chi connectivity index (χ3v) is 11.2. The van der Waals surface area contributed by atoms with E-state index in [0.29, 0.717) is 18.8 Å². The van der Waals surface area contributed by atoms with Gasteiger partial charge in [0.25, 0.3) is 0 Å². The number of likely N-dealkylation sites (tertiary alicyclic amines) is 1. The number of hydrogen-bond acceptors (Lipinski definition) is 11. The van der Waals surface area contributed by atoms with Crippen LogP contribution in [0.4, 0.5) is 4.79 Å². The number of rotatable bonds is 31. The number of hydrogen-bond donors (Lipinski definition) is 7. The molecule has 0 aliphatic carbocycles. The highest BCUT2D eigenvalue weighted by atomic mass is 16.7. The predicted octanol–water partition coefficient (Wildman–Crippen LogP) is 5.87. The quantitative estimate of drug-likeness (QED) is 0.0414. The van der Waals surface area contributed by atoms with Crippen molar-refractivity contribution < 1.29 is 54.4 Å². The second kappa shape index (κ2) is 28.8. The fourth-order valence-corrected chi connectivity index (χ4v) is 7.55. The summed E-state index contributed by atoms with van der Waals surface area (Å²) < 4.78 is 16.6. The molecule has 2 rings (SSSR count). The first-order valence-corrected chi connectivity index (χ1v) is 22.3. The van der Waals surface area contributed by atoms with Crippen LogP contribution in [-0.4, -0.2) is 128 Å². The normalized spacial score (nSPS) is 23.4. The molecule has 2 aliphatic rings. The molecule has 13 nitrogen and oxygen atoms in total. The van der Waals surface area contributed by atoms with Crippen molar-refractivity contribution >= 4 is 12.0 Å². The van der Waals surface area contributed by atoms with Crippen molar-refractivity contribution in [3.63, 3.8) is 0 Å². The van der Waals surface area contributed by atoms with Gasteiger partial charge in [-0.1, -0.05) is 129 Å². The van der Waals surface area contributed by atoms with Gasteiger partial charge in [0, 0.05) is 19.5 Å². The van der Waals surface area contributed by atoms with Gasteiger partial charge in [-0.05, 0) is 46.0 Å². The fourth-order valence-electron chi connectivity index (χ4n) is 7.55. The Kier molecular flexibility index (Phi) is 26.0. The lowest BCUT2D eigenvalue weighted by Crippen LogP contribution is -2.60. The van der Waals surface area contributed by atoms with Crippen LogP contribution in [0.15, 0.2) is 0 Å². The van der Waals surface area contributed by atoms with Crippen LogP contribution in [0, 0.1) is 5.92 Å². The summed E-state index contributed by atoms with van der Waals surface area (Å²) in [6.07, 6.45) is 14.3. The molecule has 0 radical (unpaired) electrons. The Morgan fingerprint density at radius 1 is 0.750 bits per heavy atom. The van der Waals surface area contributed by atoms with Crippen molar-refractivity contribution in [2.45, 2.75) is 230 Å². The van der Waals surface area contributed by atoms with Crippen LogP contribution in [0.2, 0.25) is 0 Å². The minimum Gasteiger partial charge on any atom is -0.444 e. The molecule has 2 heterocycles. The topological polar surface area (TPSA) is 198 Å². The lowest BCUT2D eigenvalue weighted by molar-refractivity contribution is -0.303. The first-order chi connectivity index (χ1) is 26.8. The molecule has 0 aromatic heterocycles. The van der Waals surface area contributed by atoms with Crippen LogP contribution in [-0.2, 0) is 19.0 Å². The third-order valence-electron chi connectivity index (χ3n) is 11.2. The van der Waals surface area contributed by atoms with Gasteiger partial charge in [-0.2, -0.15) is 0 Å². The van der Waals surface area contributed by atoms with Crippen molar-refractivity contribution in [2.75, 3.05) is 26.3 Å². The molecule has 8 atom stereocenters. The molecule has 0 unspecified atom stereocenters. The summed E-state index contributed by atoms with van der Waals surface area (Å²) in [5, 5.41) is 65.1. The van der Waals surface area contributed by atoms with E-state index in [1.54, 1.807) is 4.90 Å². The largest absolute Gasteiger partial charge is 0.444 e. The van der Waals surface area contributed by atoms with E-state index >= 15 is 0 Å². The SMILES string of the molecule is CCCCCCCCCCCCCC[C@@H](O)[C@@H](O)[C@H](CO[C@H]1O[C@H](CO)[C@H](O)[C@H](O)[C@H]1O)NC(=O)CCCCCCCCCCC1CN(C(=O)OC(C)(C)C)C1. The number of carbonyl (C=O) groups is 2. The number of nitrogens with zero attached hydrogens (tertiary/aromatic N) is 1. The monoisotopic (exact) mass is 803 g/mol. The molecule has 13 heteroatoms. The maximum Gasteiger partial charge on any atom is 0.410 e. The van der Waals surface area contributed by atoms with Gasteiger partial charge in [-0.25, -0.2) is 4.79 Å². The second-order valence-corrected chi connectivity index (χ2v) is 17.6. The second-order valence-electron chi connectivity index (χ2n) is 17.6. The average Bonchev–Trinajstić information content (AvgIpc) is 3.13. The zero-order valence-electron chi connectivity index (χ0n) is 35.5. The Morgan fingerprint density at radius 2 is 1.27 bits per heavy atom. The Balaban J connectivity index is 1.67. The Hall–Kier alpha value is -1.58. The molecule has 2 fully saturated rings. The first kappa shape index (κ1) is 50.6. The van der Waals surface area contributed by atoms with Gasteiger partial charge in [0.1, 0.15) is 36.1 Å². The van der Waals surface area contributed by atoms with Gasteiger partial charge in [0.2, 0.25) is 5.91 Å². The summed E-state index contributed by atoms with van der Waals surface area (Å²) in [5.41, 5.74) is -0.463. The summed E-state index contributed by atoms with van der Waals surface area (Å²) in [5.74, 6) is 0.279. The molecule has 0 spiro atoms. The molecule has 0 bridgehead atoms. The van der Waals surface area contributed by atoms with E-state index in [2.05, 4.69) is 12.2 Å². The highest BCUT2D eigenvalue weighted by Crippen LogP contribution is 2.25. The highest BCUT2D eigenvalue weighted by molar-refractivity contribution is 5.76. The van der Waals surface area contributed by atoms with Gasteiger partial charge >= 0.3 is 6.09 Å². The number of ether oxygens (including phenoxy) is 3. The van der Waals surface area contributed by atoms with Crippen LogP contribution in [0.5, 0.6) is 0 Å². The highest BCUT2D eigenvalue weighted by Gasteiger charge is 2.44. The number of aliphatic hydroxyl groups excluding tert-OH is 6. The summed E-state index contributed by atoms with van der Waals surface area (Å²) in [6, 6.07) is -1.01. The van der Waals surface area contributed by atoms with Crippen molar-refractivity contribution in [1.82, 2.24) is 10.2 Å². The molecule has 2 amide bonds. The van der Waals surface area contributed by atoms with E-state index in [9.17, 15) is 40.2 Å². The Morgan fingerprint density at radius 3 is 1.80 bits per heavy atom. The van der Waals surface area contributed by atoms with Crippen LogP contribution in [0.25, 0.3) is 0 Å². The number of aliphatic hydroxyl groups is 6. The van der Waals surface area contributed by atoms with E-state index < -0.39 is 61.2 Å². The van der Waals surface area contributed by atoms with E-state index in [1.165, 1.54) is 64.2 Å². The maximum atomic E-state index is 13.0. The van der Waals surface area contributed by atoms with Crippen LogP contribution < -0.4 is 5.32 Å². The van der Waals surface area contributed by atoms with Gasteiger partial charge in [-0.15, -0.1) is 0 Å². The van der Waals surface area contributed by atoms with Crippen molar-refractivity contribution in [3.8, 4) is 0 Å². The molecule has 2 saturated heterocycles. The number of amides is 2. The molecule has 7 N–H and O–H groups in total. The van der Waals surface area contributed by atoms with Crippen LogP contribution >= 0.6 is 0 Å². The molecule has 330 valence electrons. The lowest BCUT2D eigenvalue weighted by Gasteiger charge is -2.40. The van der Waals surface area contributed by atoms with E-state index in [4.69, 9.17) is 14.2 Å². The molecule has 56 heavy (non-hydrogen) atoms. The van der Waals surface area contributed by atoms with Crippen molar-refractivity contribution in [3.05, 3.63) is 0 Å². The van der Waals surface area contributed by atoms with Gasteiger partial charge in [0.05, 0.1) is 25.4 Å². The lowest BCUT2D eigenvalue weighted by atomic mass is 9.93. The maximum absolute atomic E-state index is 13.0. The zero-order valence-corrected chi connectivity index (χ0v) is 35.5. The smallest absolute Gasteiger partial charge is 0.410 e. The summed E-state index contributed by atoms with van der Waals surface area (Å²) in [6.45, 7) is 8.52. The third kappa shape index (κ3) is 20.9. The molecule has 0 aromatic rings. The number of nitrogens with one attached hydrogen (secondary N) is 1.